The monoisotopic (exact) mass is 303 g/mol. The lowest BCUT2D eigenvalue weighted by Gasteiger charge is -2.27. The number of amidine groups is 1. The summed E-state index contributed by atoms with van der Waals surface area (Å²) in [4.78, 5) is 13.0. The van der Waals surface area contributed by atoms with Gasteiger partial charge in [0.2, 0.25) is 0 Å². The molecule has 3 N–H and O–H groups in total. The van der Waals surface area contributed by atoms with Gasteiger partial charge in [0, 0.05) is 0 Å². The number of ether oxygens (including phenoxy) is 1. The predicted molar refractivity (Wildman–Crippen MR) is 79.1 cm³/mol. The van der Waals surface area contributed by atoms with Crippen LogP contribution < -0.4 is 10.6 Å². The summed E-state index contributed by atoms with van der Waals surface area (Å²) < 4.78 is 18.9. The van der Waals surface area contributed by atoms with Crippen LogP contribution in [0.4, 0.5) is 14.9 Å². The number of hydrogen-bond acceptors (Lipinski definition) is 3. The van der Waals surface area contributed by atoms with Crippen molar-refractivity contribution in [2.24, 2.45) is 5.73 Å². The fraction of sp³-hybridized carbons (Fsp3) is 0.385. The van der Waals surface area contributed by atoms with Gasteiger partial charge in [0.1, 0.15) is 17.3 Å². The second-order valence-electron chi connectivity index (χ2n) is 5.04. The first kappa shape index (κ1) is 18.2. The fourth-order valence-electron chi connectivity index (χ4n) is 1.41. The van der Waals surface area contributed by atoms with Gasteiger partial charge in [-0.25, -0.2) is 9.18 Å². The average molecular weight is 304 g/mol. The number of para-hydroxylation sites is 1. The molecule has 0 saturated carbocycles. The molecule has 0 atom stereocenters. The Morgan fingerprint density at radius 3 is 2.40 bits per heavy atom. The lowest BCUT2D eigenvalue weighted by Crippen LogP contribution is -2.42. The van der Waals surface area contributed by atoms with Crippen molar-refractivity contribution in [3.05, 3.63) is 30.1 Å². The summed E-state index contributed by atoms with van der Waals surface area (Å²) in [7, 11) is 0. The first-order chi connectivity index (χ1) is 8.70. The standard InChI is InChI=1S/C13H18FN3O2.ClH/c1-13(2,3)19-12(18)17(8-11(15)16)10-7-5-4-6-9(10)14;/h4-7H,8H2,1-3H3,(H3,15,16);1H. The molecular formula is C13H19ClFN3O2. The number of anilines is 1. The van der Waals surface area contributed by atoms with Crippen LogP contribution in [0.2, 0.25) is 0 Å². The zero-order valence-corrected chi connectivity index (χ0v) is 12.5. The number of hydrogen-bond donors (Lipinski definition) is 2. The van der Waals surface area contributed by atoms with Crippen molar-refractivity contribution in [1.82, 2.24) is 0 Å². The molecule has 7 heteroatoms. The largest absolute Gasteiger partial charge is 0.443 e. The zero-order chi connectivity index (χ0) is 14.6. The number of amides is 1. The maximum atomic E-state index is 13.7. The number of carbonyl (C=O) groups excluding carboxylic acids is 1. The van der Waals surface area contributed by atoms with E-state index in [0.717, 1.165) is 4.90 Å². The highest BCUT2D eigenvalue weighted by atomic mass is 35.5. The summed E-state index contributed by atoms with van der Waals surface area (Å²) in [6, 6.07) is 5.77. The molecule has 0 bridgehead atoms. The number of nitrogens with zero attached hydrogens (tertiary/aromatic N) is 1. The second kappa shape index (κ2) is 7.09. The van der Waals surface area contributed by atoms with Crippen molar-refractivity contribution in [1.29, 1.82) is 5.41 Å². The smallest absolute Gasteiger partial charge is 0.415 e. The van der Waals surface area contributed by atoms with Gasteiger partial charge in [-0.3, -0.25) is 10.3 Å². The van der Waals surface area contributed by atoms with E-state index in [1.54, 1.807) is 26.8 Å². The highest BCUT2D eigenvalue weighted by Crippen LogP contribution is 2.21. The van der Waals surface area contributed by atoms with Gasteiger partial charge in [-0.2, -0.15) is 0 Å². The number of carbonyl (C=O) groups is 1. The third kappa shape index (κ3) is 5.44. The molecule has 1 aromatic rings. The van der Waals surface area contributed by atoms with Crippen molar-refractivity contribution in [3.63, 3.8) is 0 Å². The first-order valence-corrected chi connectivity index (χ1v) is 5.78. The number of nitrogens with two attached hydrogens (primary N) is 1. The predicted octanol–water partition coefficient (Wildman–Crippen LogP) is 2.92. The topological polar surface area (TPSA) is 79.4 Å². The molecule has 1 rings (SSSR count). The average Bonchev–Trinajstić information content (AvgIpc) is 2.24. The van der Waals surface area contributed by atoms with E-state index in [1.807, 2.05) is 0 Å². The number of nitrogens with one attached hydrogen (secondary N) is 1. The van der Waals surface area contributed by atoms with Crippen molar-refractivity contribution in [2.45, 2.75) is 26.4 Å². The van der Waals surface area contributed by atoms with Gasteiger partial charge in [-0.1, -0.05) is 12.1 Å². The third-order valence-corrected chi connectivity index (χ3v) is 2.09. The van der Waals surface area contributed by atoms with Gasteiger partial charge >= 0.3 is 6.09 Å². The maximum Gasteiger partial charge on any atom is 0.415 e. The Hall–Kier alpha value is -1.82. The van der Waals surface area contributed by atoms with E-state index in [1.165, 1.54) is 18.2 Å². The molecule has 0 aliphatic carbocycles. The number of benzene rings is 1. The van der Waals surface area contributed by atoms with Gasteiger partial charge in [0.25, 0.3) is 0 Å². The van der Waals surface area contributed by atoms with Gasteiger partial charge in [0.05, 0.1) is 12.2 Å². The fourth-order valence-corrected chi connectivity index (χ4v) is 1.41. The van der Waals surface area contributed by atoms with Gasteiger partial charge in [-0.15, -0.1) is 12.4 Å². The van der Waals surface area contributed by atoms with Crippen LogP contribution in [0.15, 0.2) is 24.3 Å². The number of halogens is 2. The van der Waals surface area contributed by atoms with Crippen LogP contribution in [-0.2, 0) is 4.74 Å². The second-order valence-corrected chi connectivity index (χ2v) is 5.04. The molecule has 20 heavy (non-hydrogen) atoms. The van der Waals surface area contributed by atoms with Crippen LogP contribution in [0, 0.1) is 11.2 Å². The van der Waals surface area contributed by atoms with Crippen LogP contribution in [0.25, 0.3) is 0 Å². The Bertz CT molecular complexity index is 489. The lowest BCUT2D eigenvalue weighted by molar-refractivity contribution is 0.0584. The Labute approximate surface area is 123 Å². The highest BCUT2D eigenvalue weighted by molar-refractivity contribution is 5.95. The summed E-state index contributed by atoms with van der Waals surface area (Å²) in [5.74, 6) is -0.830. The van der Waals surface area contributed by atoms with Crippen LogP contribution >= 0.6 is 12.4 Å². The van der Waals surface area contributed by atoms with E-state index >= 15 is 0 Å². The number of rotatable bonds is 3. The molecule has 0 fully saturated rings. The van der Waals surface area contributed by atoms with E-state index in [2.05, 4.69) is 0 Å². The molecule has 0 heterocycles. The molecule has 112 valence electrons. The van der Waals surface area contributed by atoms with Crippen LogP contribution in [0.1, 0.15) is 20.8 Å². The van der Waals surface area contributed by atoms with E-state index in [0.29, 0.717) is 0 Å². The van der Waals surface area contributed by atoms with Gasteiger partial charge in [0.15, 0.2) is 0 Å². The van der Waals surface area contributed by atoms with Crippen LogP contribution in [0.3, 0.4) is 0 Å². The van der Waals surface area contributed by atoms with Gasteiger partial charge < -0.3 is 10.5 Å². The maximum absolute atomic E-state index is 13.7. The molecule has 0 aliphatic rings. The molecule has 0 unspecified atom stereocenters. The van der Waals surface area contributed by atoms with Crippen LogP contribution in [0.5, 0.6) is 0 Å². The summed E-state index contributed by atoms with van der Waals surface area (Å²) in [5, 5.41) is 7.27. The lowest BCUT2D eigenvalue weighted by atomic mass is 10.2. The zero-order valence-electron chi connectivity index (χ0n) is 11.6. The molecule has 0 saturated heterocycles. The third-order valence-electron chi connectivity index (χ3n) is 2.09. The van der Waals surface area contributed by atoms with E-state index in [4.69, 9.17) is 15.9 Å². The molecule has 1 amide bonds. The summed E-state index contributed by atoms with van der Waals surface area (Å²) >= 11 is 0. The quantitative estimate of drug-likeness (QED) is 0.665. The van der Waals surface area contributed by atoms with E-state index in [-0.39, 0.29) is 30.5 Å². The SMILES string of the molecule is CC(C)(C)OC(=O)N(CC(=N)N)c1ccccc1F.Cl. The molecule has 0 aliphatic heterocycles. The Morgan fingerprint density at radius 2 is 1.95 bits per heavy atom. The Kier molecular flexibility index (Phi) is 6.45. The molecule has 1 aromatic carbocycles. The van der Waals surface area contributed by atoms with E-state index < -0.39 is 17.5 Å². The minimum absolute atomic E-state index is 0. The normalized spacial score (nSPS) is 10.4. The molecule has 0 aromatic heterocycles. The first-order valence-electron chi connectivity index (χ1n) is 5.78. The van der Waals surface area contributed by atoms with Crippen molar-refractivity contribution in [3.8, 4) is 0 Å². The van der Waals surface area contributed by atoms with Crippen molar-refractivity contribution < 1.29 is 13.9 Å². The van der Waals surface area contributed by atoms with Crippen molar-refractivity contribution in [2.75, 3.05) is 11.4 Å². The van der Waals surface area contributed by atoms with Crippen LogP contribution in [-0.4, -0.2) is 24.1 Å². The van der Waals surface area contributed by atoms with E-state index in [9.17, 15) is 9.18 Å². The molecular weight excluding hydrogens is 285 g/mol. The Morgan fingerprint density at radius 1 is 1.40 bits per heavy atom. The minimum Gasteiger partial charge on any atom is -0.443 e. The highest BCUT2D eigenvalue weighted by Gasteiger charge is 2.25. The summed E-state index contributed by atoms with van der Waals surface area (Å²) in [6.45, 7) is 4.89. The minimum atomic E-state index is -0.743. The summed E-state index contributed by atoms with van der Waals surface area (Å²) in [6.07, 6.45) is -0.743. The molecule has 0 radical (unpaired) electrons. The molecule has 0 spiro atoms. The Balaban J connectivity index is 0.00000361. The van der Waals surface area contributed by atoms with Crippen molar-refractivity contribution >= 4 is 30.0 Å². The summed E-state index contributed by atoms with van der Waals surface area (Å²) in [5.41, 5.74) is 4.62. The van der Waals surface area contributed by atoms with Gasteiger partial charge in [-0.05, 0) is 32.9 Å². The molecule has 5 nitrogen and oxygen atoms in total.